The number of esters is 2. The molecule has 0 aromatic rings. The highest BCUT2D eigenvalue weighted by molar-refractivity contribution is 5.78. The zero-order chi connectivity index (χ0) is 31.9. The van der Waals surface area contributed by atoms with Gasteiger partial charge in [0.05, 0.1) is 35.6 Å². The largest absolute Gasteiger partial charge is 0.464 e. The zero-order valence-corrected chi connectivity index (χ0v) is 28.3. The predicted molar refractivity (Wildman–Crippen MR) is 171 cm³/mol. The summed E-state index contributed by atoms with van der Waals surface area (Å²) in [5.41, 5.74) is -1.89. The highest BCUT2D eigenvalue weighted by atomic mass is 16.7. The van der Waals surface area contributed by atoms with Gasteiger partial charge in [0.15, 0.2) is 6.29 Å². The van der Waals surface area contributed by atoms with Crippen LogP contribution in [0.15, 0.2) is 0 Å². The van der Waals surface area contributed by atoms with E-state index in [1.807, 2.05) is 0 Å². The second kappa shape index (κ2) is 13.6. The maximum Gasteiger partial charge on any atom is 0.312 e. The van der Waals surface area contributed by atoms with Gasteiger partial charge in [-0.3, -0.25) is 9.59 Å². The van der Waals surface area contributed by atoms with Crippen LogP contribution in [0.25, 0.3) is 0 Å². The van der Waals surface area contributed by atoms with Crippen LogP contribution in [-0.4, -0.2) is 67.6 Å². The fourth-order valence-electron chi connectivity index (χ4n) is 12.0. The van der Waals surface area contributed by atoms with Crippen molar-refractivity contribution in [3.8, 4) is 0 Å². The Morgan fingerprint density at radius 2 is 1.41 bits per heavy atom. The normalized spacial score (nSPS) is 47.1. The van der Waals surface area contributed by atoms with E-state index in [1.54, 1.807) is 0 Å². The second-order valence-electron chi connectivity index (χ2n) is 17.8. The fraction of sp³-hybridized carbons (Fsp3) is 0.947. The highest BCUT2D eigenvalue weighted by Gasteiger charge is 2.53. The molecule has 8 nitrogen and oxygen atoms in total. The van der Waals surface area contributed by atoms with Gasteiger partial charge in [0.25, 0.3) is 0 Å². The minimum absolute atomic E-state index is 0.0847. The average molecular weight is 645 g/mol. The fourth-order valence-corrected chi connectivity index (χ4v) is 12.0. The quantitative estimate of drug-likeness (QED) is 0.286. The monoisotopic (exact) mass is 644 g/mol. The molecule has 0 radical (unpaired) electrons. The maximum absolute atomic E-state index is 14.0. The van der Waals surface area contributed by atoms with Crippen LogP contribution < -0.4 is 0 Å². The van der Waals surface area contributed by atoms with Crippen molar-refractivity contribution in [2.24, 2.45) is 57.7 Å². The standard InChI is InChI=1S/C38H60O8/c1-25-10-30-15-32(40)20-38(16-25,19-30)35(42)46-24-36(21-43-33(44-22-36)31-13-26-4-2-5-27(11-26)14-31)23-45-34(41)37-8-3-6-28(17-37)12-29(18-37)7-9-39/h25-33,39-40H,2-24H2,1H3. The number of aliphatic hydroxyl groups excluding tert-OH is 2. The Hall–Kier alpha value is -1.22. The Morgan fingerprint density at radius 3 is 2.13 bits per heavy atom. The molecule has 0 spiro atoms. The molecular weight excluding hydrogens is 584 g/mol. The molecule has 0 aromatic carbocycles. The first-order valence-corrected chi connectivity index (χ1v) is 19.0. The van der Waals surface area contributed by atoms with Crippen LogP contribution in [-0.2, 0) is 28.5 Å². The third-order valence-corrected chi connectivity index (χ3v) is 13.8. The molecule has 7 fully saturated rings. The summed E-state index contributed by atoms with van der Waals surface area (Å²) in [6.07, 6.45) is 17.3. The maximum atomic E-state index is 14.0. The van der Waals surface area contributed by atoms with E-state index in [9.17, 15) is 19.8 Å². The zero-order valence-electron chi connectivity index (χ0n) is 28.3. The van der Waals surface area contributed by atoms with Crippen molar-refractivity contribution < 1.29 is 38.7 Å². The van der Waals surface area contributed by atoms with Crippen molar-refractivity contribution in [3.63, 3.8) is 0 Å². The van der Waals surface area contributed by atoms with E-state index < -0.39 is 22.3 Å². The molecule has 0 aromatic heterocycles. The van der Waals surface area contributed by atoms with Crippen LogP contribution >= 0.6 is 0 Å². The Bertz CT molecular complexity index is 1050. The Morgan fingerprint density at radius 1 is 0.739 bits per heavy atom. The summed E-state index contributed by atoms with van der Waals surface area (Å²) in [4.78, 5) is 27.9. The molecule has 1 heterocycles. The summed E-state index contributed by atoms with van der Waals surface area (Å²) in [7, 11) is 0. The van der Waals surface area contributed by atoms with E-state index in [2.05, 4.69) is 6.92 Å². The number of aliphatic hydroxyl groups is 2. The smallest absolute Gasteiger partial charge is 0.312 e. The van der Waals surface area contributed by atoms with Crippen LogP contribution in [0.1, 0.15) is 122 Å². The third kappa shape index (κ3) is 6.93. The highest BCUT2D eigenvalue weighted by Crippen LogP contribution is 2.54. The molecule has 6 saturated carbocycles. The molecule has 9 unspecified atom stereocenters. The van der Waals surface area contributed by atoms with Gasteiger partial charge in [-0.1, -0.05) is 39.0 Å². The lowest BCUT2D eigenvalue weighted by Crippen LogP contribution is -2.53. The van der Waals surface area contributed by atoms with Gasteiger partial charge in [-0.25, -0.2) is 0 Å². The number of rotatable bonds is 9. The molecule has 8 heteroatoms. The summed E-state index contributed by atoms with van der Waals surface area (Å²) in [6.45, 7) is 3.23. The molecule has 6 aliphatic carbocycles. The van der Waals surface area contributed by atoms with E-state index in [4.69, 9.17) is 18.9 Å². The Kier molecular flexibility index (Phi) is 9.83. The molecule has 1 aliphatic heterocycles. The number of hydrogen-bond donors (Lipinski definition) is 2. The van der Waals surface area contributed by atoms with Crippen molar-refractivity contribution in [2.45, 2.75) is 135 Å². The van der Waals surface area contributed by atoms with Crippen LogP contribution in [0.2, 0.25) is 0 Å². The van der Waals surface area contributed by atoms with Gasteiger partial charge in [0, 0.05) is 12.5 Å². The van der Waals surface area contributed by atoms with Crippen LogP contribution in [0, 0.1) is 57.7 Å². The van der Waals surface area contributed by atoms with Crippen molar-refractivity contribution in [3.05, 3.63) is 0 Å². The molecular formula is C38H60O8. The molecule has 7 rings (SSSR count). The van der Waals surface area contributed by atoms with Gasteiger partial charge in [0.1, 0.15) is 13.2 Å². The number of carbonyl (C=O) groups is 2. The molecule has 7 aliphatic rings. The molecule has 0 amide bonds. The lowest BCUT2D eigenvalue weighted by atomic mass is 9.58. The summed E-state index contributed by atoms with van der Waals surface area (Å²) in [6, 6.07) is 0. The Balaban J connectivity index is 1.04. The van der Waals surface area contributed by atoms with Gasteiger partial charge in [-0.15, -0.1) is 0 Å². The van der Waals surface area contributed by atoms with Gasteiger partial charge >= 0.3 is 11.9 Å². The lowest BCUT2D eigenvalue weighted by molar-refractivity contribution is -0.272. The molecule has 6 bridgehead atoms. The number of fused-ring (bicyclic) bond motifs is 6. The molecule has 46 heavy (non-hydrogen) atoms. The van der Waals surface area contributed by atoms with Crippen molar-refractivity contribution in [1.29, 1.82) is 0 Å². The summed E-state index contributed by atoms with van der Waals surface area (Å²) in [5.74, 6) is 3.24. The minimum Gasteiger partial charge on any atom is -0.464 e. The minimum atomic E-state index is -0.764. The van der Waals surface area contributed by atoms with Gasteiger partial charge in [0.2, 0.25) is 0 Å². The predicted octanol–water partition coefficient (Wildman–Crippen LogP) is 6.19. The van der Waals surface area contributed by atoms with Crippen LogP contribution in [0.4, 0.5) is 0 Å². The van der Waals surface area contributed by atoms with E-state index in [1.165, 1.54) is 25.7 Å². The molecule has 1 saturated heterocycles. The molecule has 9 atom stereocenters. The van der Waals surface area contributed by atoms with E-state index >= 15 is 0 Å². The summed E-state index contributed by atoms with van der Waals surface area (Å²) >= 11 is 0. The summed E-state index contributed by atoms with van der Waals surface area (Å²) in [5, 5.41) is 20.3. The van der Waals surface area contributed by atoms with Crippen LogP contribution in [0.5, 0.6) is 0 Å². The second-order valence-corrected chi connectivity index (χ2v) is 17.8. The van der Waals surface area contributed by atoms with E-state index in [0.717, 1.165) is 95.3 Å². The van der Waals surface area contributed by atoms with Crippen molar-refractivity contribution >= 4 is 11.9 Å². The van der Waals surface area contributed by atoms with E-state index in [0.29, 0.717) is 49.2 Å². The van der Waals surface area contributed by atoms with Crippen LogP contribution in [0.3, 0.4) is 0 Å². The number of hydrogen-bond acceptors (Lipinski definition) is 8. The molecule has 260 valence electrons. The van der Waals surface area contributed by atoms with Gasteiger partial charge < -0.3 is 29.2 Å². The lowest BCUT2D eigenvalue weighted by Gasteiger charge is -2.49. The number of carbonyl (C=O) groups excluding carboxylic acids is 2. The first-order valence-electron chi connectivity index (χ1n) is 19.0. The average Bonchev–Trinajstić information content (AvgIpc) is 3.02. The summed E-state index contributed by atoms with van der Waals surface area (Å²) < 4.78 is 25.5. The molecule has 2 N–H and O–H groups in total. The third-order valence-electron chi connectivity index (χ3n) is 13.8. The Labute approximate surface area is 276 Å². The van der Waals surface area contributed by atoms with Crippen molar-refractivity contribution in [1.82, 2.24) is 0 Å². The SMILES string of the molecule is CC1CC2CC(O)CC(C(=O)OCC3(COC(=O)C45CCCC(CC(CCO)C4)C5)COC(C4CC5CCCC(C5)C4)OC3)(C1)C2. The van der Waals surface area contributed by atoms with Gasteiger partial charge in [-0.2, -0.15) is 0 Å². The first kappa shape index (κ1) is 33.3. The van der Waals surface area contributed by atoms with Gasteiger partial charge in [-0.05, 0) is 119 Å². The van der Waals surface area contributed by atoms with Crippen molar-refractivity contribution in [2.75, 3.05) is 33.0 Å². The number of ether oxygens (including phenoxy) is 4. The topological polar surface area (TPSA) is 112 Å². The van der Waals surface area contributed by atoms with E-state index in [-0.39, 0.29) is 38.0 Å². The first-order chi connectivity index (χ1) is 22.2.